The number of rotatable bonds is 4. The monoisotopic (exact) mass is 227 g/mol. The van der Waals surface area contributed by atoms with Gasteiger partial charge < -0.3 is 15.8 Å². The first-order chi connectivity index (χ1) is 7.20. The van der Waals surface area contributed by atoms with Gasteiger partial charge in [0, 0.05) is 12.6 Å². The van der Waals surface area contributed by atoms with E-state index in [1.54, 1.807) is 13.1 Å². The van der Waals surface area contributed by atoms with Gasteiger partial charge in [-0.2, -0.15) is 4.37 Å². The second kappa shape index (κ2) is 5.35. The Hall–Kier alpha value is -1.56. The first-order valence-electron chi connectivity index (χ1n) is 4.46. The Labute approximate surface area is 92.1 Å². The Bertz CT molecular complexity index is 373. The number of aromatic nitrogens is 1. The molecule has 1 aromatic rings. The highest BCUT2D eigenvalue weighted by Gasteiger charge is 2.14. The molecule has 5 nitrogen and oxygen atoms in total. The quantitative estimate of drug-likeness (QED) is 0.755. The number of nitrogens with one attached hydrogen (secondary N) is 1. The van der Waals surface area contributed by atoms with Crippen molar-refractivity contribution in [1.29, 1.82) is 0 Å². The van der Waals surface area contributed by atoms with Crippen LogP contribution >= 0.6 is 11.5 Å². The van der Waals surface area contributed by atoms with E-state index >= 15 is 0 Å². The van der Waals surface area contributed by atoms with E-state index in [9.17, 15) is 4.79 Å². The summed E-state index contributed by atoms with van der Waals surface area (Å²) in [5, 5.41) is 2.53. The average molecular weight is 227 g/mol. The van der Waals surface area contributed by atoms with Crippen molar-refractivity contribution in [2.75, 3.05) is 19.4 Å². The SMILES string of the molecule is CCO/C=C\c1c(N)nsc1C(=O)NC. The van der Waals surface area contributed by atoms with Crippen LogP contribution < -0.4 is 11.1 Å². The Balaban J connectivity index is 2.94. The molecule has 6 heteroatoms. The number of nitrogens with two attached hydrogens (primary N) is 1. The first kappa shape index (κ1) is 11.5. The van der Waals surface area contributed by atoms with Crippen LogP contribution in [-0.2, 0) is 4.74 Å². The fraction of sp³-hybridized carbons (Fsp3) is 0.333. The highest BCUT2D eigenvalue weighted by Crippen LogP contribution is 2.22. The normalized spacial score (nSPS) is 10.5. The number of nitrogen functional groups attached to an aromatic ring is 1. The summed E-state index contributed by atoms with van der Waals surface area (Å²) in [5.74, 6) is 0.148. The number of anilines is 1. The molecule has 1 aromatic heterocycles. The maximum Gasteiger partial charge on any atom is 0.263 e. The minimum atomic E-state index is -0.194. The predicted octanol–water partition coefficient (Wildman–Crippen LogP) is 1.09. The molecule has 0 bridgehead atoms. The minimum absolute atomic E-state index is 0.194. The summed E-state index contributed by atoms with van der Waals surface area (Å²) in [4.78, 5) is 11.9. The topological polar surface area (TPSA) is 77.2 Å². The summed E-state index contributed by atoms with van der Waals surface area (Å²) in [6.45, 7) is 2.45. The lowest BCUT2D eigenvalue weighted by molar-refractivity contribution is 0.0967. The van der Waals surface area contributed by atoms with Crippen LogP contribution in [0, 0.1) is 0 Å². The third-order valence-electron chi connectivity index (χ3n) is 1.69. The first-order valence-corrected chi connectivity index (χ1v) is 5.23. The number of hydrogen-bond acceptors (Lipinski definition) is 5. The second-order valence-corrected chi connectivity index (χ2v) is 3.42. The fourth-order valence-electron chi connectivity index (χ4n) is 0.960. The second-order valence-electron chi connectivity index (χ2n) is 2.65. The summed E-state index contributed by atoms with van der Waals surface area (Å²) in [5.41, 5.74) is 6.23. The Morgan fingerprint density at radius 2 is 2.47 bits per heavy atom. The van der Waals surface area contributed by atoms with Crippen LogP contribution in [-0.4, -0.2) is 23.9 Å². The largest absolute Gasteiger partial charge is 0.501 e. The molecule has 0 aliphatic carbocycles. The molecule has 3 N–H and O–H groups in total. The predicted molar refractivity (Wildman–Crippen MR) is 60.6 cm³/mol. The molecule has 0 fully saturated rings. The molecule has 1 amide bonds. The summed E-state index contributed by atoms with van der Waals surface area (Å²) in [6.07, 6.45) is 3.15. The standard InChI is InChI=1S/C9H13N3O2S/c1-3-14-5-4-6-7(9(13)11-2)15-12-8(6)10/h4-5H,3H2,1-2H3,(H2,10,12)(H,11,13)/b5-4-. The molecule has 0 radical (unpaired) electrons. The van der Waals surface area contributed by atoms with Crippen LogP contribution in [0.1, 0.15) is 22.2 Å². The van der Waals surface area contributed by atoms with Gasteiger partial charge in [0.05, 0.1) is 12.9 Å². The van der Waals surface area contributed by atoms with Gasteiger partial charge in [0.2, 0.25) is 0 Å². The van der Waals surface area contributed by atoms with Gasteiger partial charge in [-0.25, -0.2) is 0 Å². The van der Waals surface area contributed by atoms with Gasteiger partial charge in [-0.3, -0.25) is 4.79 Å². The maximum absolute atomic E-state index is 11.4. The van der Waals surface area contributed by atoms with E-state index in [2.05, 4.69) is 9.69 Å². The van der Waals surface area contributed by atoms with Crippen LogP contribution in [0.5, 0.6) is 0 Å². The molecule has 0 aliphatic heterocycles. The van der Waals surface area contributed by atoms with Crippen molar-refractivity contribution in [2.24, 2.45) is 0 Å². The van der Waals surface area contributed by atoms with Crippen LogP contribution in [0.3, 0.4) is 0 Å². The van der Waals surface area contributed by atoms with E-state index in [1.807, 2.05) is 6.92 Å². The molecule has 0 aromatic carbocycles. The molecular formula is C9H13N3O2S. The zero-order valence-corrected chi connectivity index (χ0v) is 9.43. The fourth-order valence-corrected chi connectivity index (χ4v) is 1.70. The van der Waals surface area contributed by atoms with Crippen molar-refractivity contribution < 1.29 is 9.53 Å². The summed E-state index contributed by atoms with van der Waals surface area (Å²) >= 11 is 1.07. The van der Waals surface area contributed by atoms with Crippen molar-refractivity contribution in [3.05, 3.63) is 16.7 Å². The molecule has 0 aliphatic rings. The Morgan fingerprint density at radius 1 is 1.73 bits per heavy atom. The highest BCUT2D eigenvalue weighted by molar-refractivity contribution is 7.08. The minimum Gasteiger partial charge on any atom is -0.501 e. The van der Waals surface area contributed by atoms with E-state index in [0.29, 0.717) is 22.9 Å². The third-order valence-corrected chi connectivity index (χ3v) is 2.56. The number of carbonyl (C=O) groups is 1. The van der Waals surface area contributed by atoms with E-state index in [0.717, 1.165) is 11.5 Å². The van der Waals surface area contributed by atoms with E-state index in [1.165, 1.54) is 6.26 Å². The van der Waals surface area contributed by atoms with Crippen molar-refractivity contribution >= 4 is 29.3 Å². The lowest BCUT2D eigenvalue weighted by Crippen LogP contribution is -2.17. The van der Waals surface area contributed by atoms with E-state index < -0.39 is 0 Å². The Kier molecular flexibility index (Phi) is 4.11. The number of amides is 1. The van der Waals surface area contributed by atoms with Crippen molar-refractivity contribution in [3.63, 3.8) is 0 Å². The van der Waals surface area contributed by atoms with E-state index in [4.69, 9.17) is 10.5 Å². The zero-order chi connectivity index (χ0) is 11.3. The lowest BCUT2D eigenvalue weighted by Gasteiger charge is -1.97. The molecular weight excluding hydrogens is 214 g/mol. The number of ether oxygens (including phenoxy) is 1. The molecule has 82 valence electrons. The van der Waals surface area contributed by atoms with Crippen molar-refractivity contribution in [1.82, 2.24) is 9.69 Å². The van der Waals surface area contributed by atoms with Crippen LogP contribution in [0.4, 0.5) is 5.82 Å². The van der Waals surface area contributed by atoms with Crippen molar-refractivity contribution in [3.8, 4) is 0 Å². The van der Waals surface area contributed by atoms with Gasteiger partial charge in [-0.1, -0.05) is 0 Å². The molecule has 0 saturated heterocycles. The zero-order valence-electron chi connectivity index (χ0n) is 8.61. The molecule has 15 heavy (non-hydrogen) atoms. The Morgan fingerprint density at radius 3 is 3.07 bits per heavy atom. The van der Waals surface area contributed by atoms with Gasteiger partial charge >= 0.3 is 0 Å². The van der Waals surface area contributed by atoms with Gasteiger partial charge in [-0.05, 0) is 24.5 Å². The summed E-state index contributed by atoms with van der Waals surface area (Å²) in [7, 11) is 1.56. The molecule has 1 rings (SSSR count). The van der Waals surface area contributed by atoms with Crippen molar-refractivity contribution in [2.45, 2.75) is 6.92 Å². The number of carbonyl (C=O) groups excluding carboxylic acids is 1. The highest BCUT2D eigenvalue weighted by atomic mass is 32.1. The van der Waals surface area contributed by atoms with Gasteiger partial charge in [-0.15, -0.1) is 0 Å². The summed E-state index contributed by atoms with van der Waals surface area (Å²) in [6, 6.07) is 0. The number of nitrogens with zero attached hydrogens (tertiary/aromatic N) is 1. The molecule has 0 saturated carbocycles. The molecule has 0 spiro atoms. The van der Waals surface area contributed by atoms with Crippen LogP contribution in [0.2, 0.25) is 0 Å². The van der Waals surface area contributed by atoms with Crippen LogP contribution in [0.25, 0.3) is 6.08 Å². The lowest BCUT2D eigenvalue weighted by atomic mass is 10.2. The third kappa shape index (κ3) is 2.69. The van der Waals surface area contributed by atoms with Gasteiger partial charge in [0.15, 0.2) is 0 Å². The summed E-state index contributed by atoms with van der Waals surface area (Å²) < 4.78 is 8.96. The van der Waals surface area contributed by atoms with Gasteiger partial charge in [0.25, 0.3) is 5.91 Å². The van der Waals surface area contributed by atoms with Gasteiger partial charge in [0.1, 0.15) is 10.7 Å². The smallest absolute Gasteiger partial charge is 0.263 e. The molecule has 1 heterocycles. The average Bonchev–Trinajstić information content (AvgIpc) is 2.60. The molecule has 0 atom stereocenters. The number of hydrogen-bond donors (Lipinski definition) is 2. The molecule has 0 unspecified atom stereocenters. The van der Waals surface area contributed by atoms with Crippen LogP contribution in [0.15, 0.2) is 6.26 Å². The van der Waals surface area contributed by atoms with E-state index in [-0.39, 0.29) is 5.91 Å². The maximum atomic E-state index is 11.4.